The Morgan fingerprint density at radius 3 is 2.89 bits per heavy atom. The summed E-state index contributed by atoms with van der Waals surface area (Å²) in [5.74, 6) is 0.837. The summed E-state index contributed by atoms with van der Waals surface area (Å²) < 4.78 is 1.01. The zero-order chi connectivity index (χ0) is 13.2. The Balaban J connectivity index is 2.07. The van der Waals surface area contributed by atoms with Crippen molar-refractivity contribution < 1.29 is 4.79 Å². The number of thiazole rings is 1. The lowest BCUT2D eigenvalue weighted by Crippen LogP contribution is -2.59. The van der Waals surface area contributed by atoms with E-state index in [4.69, 9.17) is 5.73 Å². The van der Waals surface area contributed by atoms with Crippen LogP contribution in [0.2, 0.25) is 0 Å². The minimum absolute atomic E-state index is 0.229. The summed E-state index contributed by atoms with van der Waals surface area (Å²) in [6, 6.07) is 0. The van der Waals surface area contributed by atoms with Gasteiger partial charge in [0, 0.05) is 16.8 Å². The van der Waals surface area contributed by atoms with Gasteiger partial charge in [-0.15, -0.1) is 11.3 Å². The molecule has 2 rings (SSSR count). The van der Waals surface area contributed by atoms with E-state index in [-0.39, 0.29) is 5.91 Å². The number of aryl methyl sites for hydroxylation is 1. The van der Waals surface area contributed by atoms with Gasteiger partial charge in [0.15, 0.2) is 0 Å². The first kappa shape index (κ1) is 13.8. The van der Waals surface area contributed by atoms with Crippen LogP contribution in [-0.2, 0) is 4.79 Å². The highest BCUT2D eigenvalue weighted by molar-refractivity contribution is 8.01. The van der Waals surface area contributed by atoms with Crippen LogP contribution in [0.1, 0.15) is 25.5 Å². The number of hydrogen-bond donors (Lipinski definition) is 2. The lowest BCUT2D eigenvalue weighted by molar-refractivity contribution is -0.124. The first-order valence-electron chi connectivity index (χ1n) is 6.18. The molecule has 0 radical (unpaired) electrons. The normalized spacial score (nSPS) is 18.6. The number of primary amides is 1. The minimum atomic E-state index is -0.557. The highest BCUT2D eigenvalue weighted by Crippen LogP contribution is 2.42. The van der Waals surface area contributed by atoms with E-state index in [1.54, 1.807) is 23.1 Å². The minimum Gasteiger partial charge on any atom is -0.368 e. The smallest absolute Gasteiger partial charge is 0.238 e. The van der Waals surface area contributed by atoms with Gasteiger partial charge in [-0.05, 0) is 32.2 Å². The third-order valence-electron chi connectivity index (χ3n) is 3.23. The van der Waals surface area contributed by atoms with E-state index in [0.29, 0.717) is 11.7 Å². The van der Waals surface area contributed by atoms with Crippen molar-refractivity contribution in [2.75, 3.05) is 12.3 Å². The molecular formula is C12H19N3OS2. The molecule has 3 N–H and O–H groups in total. The van der Waals surface area contributed by atoms with E-state index < -0.39 is 5.54 Å². The number of aromatic nitrogens is 1. The maximum Gasteiger partial charge on any atom is 0.238 e. The highest BCUT2D eigenvalue weighted by Gasteiger charge is 2.49. The number of thioether (sulfide) groups is 1. The van der Waals surface area contributed by atoms with E-state index in [1.807, 2.05) is 19.2 Å². The second-order valence-corrected chi connectivity index (χ2v) is 6.76. The fourth-order valence-corrected chi connectivity index (χ4v) is 4.29. The van der Waals surface area contributed by atoms with Gasteiger partial charge in [-0.2, -0.15) is 0 Å². The van der Waals surface area contributed by atoms with Crippen LogP contribution in [0.3, 0.4) is 0 Å². The molecule has 1 saturated carbocycles. The van der Waals surface area contributed by atoms with Crippen molar-refractivity contribution in [1.29, 1.82) is 0 Å². The van der Waals surface area contributed by atoms with Crippen LogP contribution in [0.4, 0.5) is 0 Å². The lowest BCUT2D eigenvalue weighted by Gasteiger charge is -2.31. The lowest BCUT2D eigenvalue weighted by atomic mass is 9.94. The number of rotatable bonds is 7. The Labute approximate surface area is 116 Å². The molecule has 0 bridgehead atoms. The van der Waals surface area contributed by atoms with Crippen molar-refractivity contribution in [3.63, 3.8) is 0 Å². The molecule has 1 unspecified atom stereocenters. The number of carbonyl (C=O) groups is 1. The Morgan fingerprint density at radius 2 is 2.44 bits per heavy atom. The number of likely N-dealkylation sites (N-methyl/N-ethyl adjacent to an activating group) is 1. The molecule has 1 heterocycles. The highest BCUT2D eigenvalue weighted by atomic mass is 32.2. The molecule has 0 saturated heterocycles. The van der Waals surface area contributed by atoms with Crippen LogP contribution in [0.15, 0.2) is 9.72 Å². The summed E-state index contributed by atoms with van der Waals surface area (Å²) in [5.41, 5.74) is 6.11. The van der Waals surface area contributed by atoms with Crippen LogP contribution in [0, 0.1) is 12.8 Å². The van der Waals surface area contributed by atoms with Gasteiger partial charge in [0.2, 0.25) is 5.91 Å². The van der Waals surface area contributed by atoms with Gasteiger partial charge in [0.25, 0.3) is 0 Å². The summed E-state index contributed by atoms with van der Waals surface area (Å²) >= 11 is 3.25. The predicted molar refractivity (Wildman–Crippen MR) is 75.9 cm³/mol. The molecule has 1 aromatic rings. The average molecular weight is 285 g/mol. The summed E-state index contributed by atoms with van der Waals surface area (Å²) in [6.07, 6.45) is 2.18. The summed E-state index contributed by atoms with van der Waals surface area (Å²) in [6.45, 7) is 4.75. The van der Waals surface area contributed by atoms with Gasteiger partial charge in [0.1, 0.15) is 9.88 Å². The molecule has 4 nitrogen and oxygen atoms in total. The van der Waals surface area contributed by atoms with E-state index in [0.717, 1.165) is 29.4 Å². The maximum atomic E-state index is 11.8. The largest absolute Gasteiger partial charge is 0.368 e. The molecule has 6 heteroatoms. The van der Waals surface area contributed by atoms with Gasteiger partial charge in [-0.3, -0.25) is 4.79 Å². The number of nitrogens with two attached hydrogens (primary N) is 1. The summed E-state index contributed by atoms with van der Waals surface area (Å²) in [4.78, 5) is 16.3. The quantitative estimate of drug-likeness (QED) is 0.749. The van der Waals surface area contributed by atoms with Crippen molar-refractivity contribution in [2.24, 2.45) is 11.7 Å². The molecule has 0 aromatic carbocycles. The van der Waals surface area contributed by atoms with E-state index >= 15 is 0 Å². The molecule has 1 atom stereocenters. The van der Waals surface area contributed by atoms with Crippen LogP contribution in [-0.4, -0.2) is 28.7 Å². The zero-order valence-corrected chi connectivity index (χ0v) is 12.4. The first-order chi connectivity index (χ1) is 8.58. The monoisotopic (exact) mass is 285 g/mol. The molecule has 1 aliphatic rings. The van der Waals surface area contributed by atoms with Crippen molar-refractivity contribution in [1.82, 2.24) is 10.3 Å². The zero-order valence-electron chi connectivity index (χ0n) is 10.7. The number of amides is 1. The molecular weight excluding hydrogens is 266 g/mol. The standard InChI is InChI=1S/C12H19N3OS2/c1-3-14-12(10(13)16,9-4-5-9)7-18-11-15-8(2)6-17-11/h6,9,14H,3-5,7H2,1-2H3,(H2,13,16). The molecule has 1 amide bonds. The molecule has 100 valence electrons. The van der Waals surface area contributed by atoms with Gasteiger partial charge >= 0.3 is 0 Å². The average Bonchev–Trinajstić information content (AvgIpc) is 3.08. The van der Waals surface area contributed by atoms with E-state index in [2.05, 4.69) is 10.3 Å². The third kappa shape index (κ3) is 2.87. The van der Waals surface area contributed by atoms with Crippen LogP contribution < -0.4 is 11.1 Å². The maximum absolute atomic E-state index is 11.8. The Kier molecular flexibility index (Phi) is 4.29. The number of nitrogens with zero attached hydrogens (tertiary/aromatic N) is 1. The molecule has 1 aromatic heterocycles. The molecule has 0 aliphatic heterocycles. The first-order valence-corrected chi connectivity index (χ1v) is 8.05. The van der Waals surface area contributed by atoms with Crippen molar-refractivity contribution in [3.05, 3.63) is 11.1 Å². The summed E-state index contributed by atoms with van der Waals surface area (Å²) in [5, 5.41) is 5.34. The van der Waals surface area contributed by atoms with Crippen molar-refractivity contribution >= 4 is 29.0 Å². The van der Waals surface area contributed by atoms with Gasteiger partial charge in [0.05, 0.1) is 0 Å². The van der Waals surface area contributed by atoms with Gasteiger partial charge in [-0.1, -0.05) is 18.7 Å². The number of hydrogen-bond acceptors (Lipinski definition) is 5. The third-order valence-corrected chi connectivity index (χ3v) is 5.56. The Bertz CT molecular complexity index is 431. The van der Waals surface area contributed by atoms with Crippen LogP contribution in [0.25, 0.3) is 0 Å². The van der Waals surface area contributed by atoms with E-state index in [1.165, 1.54) is 0 Å². The second kappa shape index (κ2) is 5.59. The SMILES string of the molecule is CCNC(CSc1nc(C)cs1)(C(N)=O)C1CC1. The number of carbonyl (C=O) groups excluding carboxylic acids is 1. The summed E-state index contributed by atoms with van der Waals surface area (Å²) in [7, 11) is 0. The second-order valence-electron chi connectivity index (χ2n) is 4.68. The van der Waals surface area contributed by atoms with Crippen LogP contribution in [0.5, 0.6) is 0 Å². The fraction of sp³-hybridized carbons (Fsp3) is 0.667. The van der Waals surface area contributed by atoms with Crippen molar-refractivity contribution in [2.45, 2.75) is 36.6 Å². The number of nitrogens with one attached hydrogen (secondary N) is 1. The Morgan fingerprint density at radius 1 is 1.72 bits per heavy atom. The molecule has 18 heavy (non-hydrogen) atoms. The topological polar surface area (TPSA) is 68.0 Å². The molecule has 0 spiro atoms. The fourth-order valence-electron chi connectivity index (χ4n) is 2.14. The van der Waals surface area contributed by atoms with Crippen molar-refractivity contribution in [3.8, 4) is 0 Å². The predicted octanol–water partition coefficient (Wildman–Crippen LogP) is 1.79. The van der Waals surface area contributed by atoms with Crippen LogP contribution >= 0.6 is 23.1 Å². The van der Waals surface area contributed by atoms with Gasteiger partial charge < -0.3 is 11.1 Å². The van der Waals surface area contributed by atoms with E-state index in [9.17, 15) is 4.79 Å². The van der Waals surface area contributed by atoms with Gasteiger partial charge in [-0.25, -0.2) is 4.98 Å². The Hall–Kier alpha value is -0.590. The molecule has 1 fully saturated rings. The molecule has 1 aliphatic carbocycles.